The third-order valence-corrected chi connectivity index (χ3v) is 2.29. The summed E-state index contributed by atoms with van der Waals surface area (Å²) in [4.78, 5) is 2.51. The van der Waals surface area contributed by atoms with E-state index in [0.717, 1.165) is 32.3 Å². The van der Waals surface area contributed by atoms with Gasteiger partial charge >= 0.3 is 0 Å². The Labute approximate surface area is 85.6 Å². The quantitative estimate of drug-likeness (QED) is 0.673. The molecule has 5 heteroatoms. The molecule has 0 aliphatic carbocycles. The lowest BCUT2D eigenvalue weighted by Crippen LogP contribution is -2.55. The average Bonchev–Trinajstić information content (AvgIpc) is 1.86. The van der Waals surface area contributed by atoms with Crippen molar-refractivity contribution in [2.24, 2.45) is 0 Å². The highest BCUT2D eigenvalue weighted by Gasteiger charge is 2.26. The maximum absolute atomic E-state index is 5.13. The summed E-state index contributed by atoms with van der Waals surface area (Å²) in [6.45, 7) is 6.62. The van der Waals surface area contributed by atoms with Gasteiger partial charge in [0.25, 0.3) is 0 Å². The van der Waals surface area contributed by atoms with E-state index < -0.39 is 0 Å². The first kappa shape index (κ1) is 12.5. The molecule has 0 radical (unpaired) electrons. The van der Waals surface area contributed by atoms with Crippen LogP contribution in [0.1, 0.15) is 0 Å². The van der Waals surface area contributed by atoms with E-state index in [1.807, 2.05) is 0 Å². The highest BCUT2D eigenvalue weighted by Crippen LogP contribution is 2.09. The van der Waals surface area contributed by atoms with Gasteiger partial charge in [0.2, 0.25) is 0 Å². The van der Waals surface area contributed by atoms with Gasteiger partial charge in [-0.25, -0.2) is 0 Å². The fourth-order valence-electron chi connectivity index (χ4n) is 1.48. The molecule has 74 valence electrons. The first-order chi connectivity index (χ1) is 4.97. The molecule has 2 aliphatic rings. The number of hydrogen-bond donors (Lipinski definition) is 1. The molecule has 0 atom stereocenters. The molecule has 0 amide bonds. The van der Waals surface area contributed by atoms with Gasteiger partial charge in [-0.05, 0) is 0 Å². The van der Waals surface area contributed by atoms with Crippen LogP contribution in [-0.4, -0.2) is 50.3 Å². The van der Waals surface area contributed by atoms with Crippen molar-refractivity contribution in [3.63, 3.8) is 0 Å². The smallest absolute Gasteiger partial charge is 0.0645 e. The SMILES string of the molecule is C1CN(C2COC2)CCN1.Cl.Cl. The van der Waals surface area contributed by atoms with E-state index >= 15 is 0 Å². The Morgan fingerprint density at radius 3 is 2.08 bits per heavy atom. The maximum Gasteiger partial charge on any atom is 0.0645 e. The van der Waals surface area contributed by atoms with Crippen molar-refractivity contribution in [2.75, 3.05) is 39.4 Å². The number of piperazine rings is 1. The molecule has 0 bridgehead atoms. The van der Waals surface area contributed by atoms with Crippen LogP contribution in [0.2, 0.25) is 0 Å². The van der Waals surface area contributed by atoms with Crippen molar-refractivity contribution in [3.8, 4) is 0 Å². The van der Waals surface area contributed by atoms with Crippen molar-refractivity contribution < 1.29 is 4.74 Å². The van der Waals surface area contributed by atoms with Gasteiger partial charge in [-0.1, -0.05) is 0 Å². The van der Waals surface area contributed by atoms with Gasteiger partial charge in [0, 0.05) is 26.2 Å². The zero-order valence-electron chi connectivity index (χ0n) is 6.99. The molecule has 3 nitrogen and oxygen atoms in total. The minimum Gasteiger partial charge on any atom is -0.378 e. The molecule has 0 spiro atoms. The van der Waals surface area contributed by atoms with E-state index in [-0.39, 0.29) is 24.8 Å². The van der Waals surface area contributed by atoms with Gasteiger partial charge in [-0.15, -0.1) is 24.8 Å². The van der Waals surface area contributed by atoms with E-state index in [2.05, 4.69) is 10.2 Å². The fourth-order valence-corrected chi connectivity index (χ4v) is 1.48. The second-order valence-electron chi connectivity index (χ2n) is 2.98. The monoisotopic (exact) mass is 214 g/mol. The van der Waals surface area contributed by atoms with Crippen LogP contribution in [0, 0.1) is 0 Å². The highest BCUT2D eigenvalue weighted by atomic mass is 35.5. The number of halogens is 2. The average molecular weight is 215 g/mol. The number of ether oxygens (including phenoxy) is 1. The van der Waals surface area contributed by atoms with Gasteiger partial charge in [-0.2, -0.15) is 0 Å². The van der Waals surface area contributed by atoms with Crippen molar-refractivity contribution >= 4 is 24.8 Å². The maximum atomic E-state index is 5.13. The Hall–Kier alpha value is 0.460. The summed E-state index contributed by atoms with van der Waals surface area (Å²) in [6.07, 6.45) is 0. The number of nitrogens with one attached hydrogen (secondary N) is 1. The van der Waals surface area contributed by atoms with Crippen LogP contribution in [0.15, 0.2) is 0 Å². The lowest BCUT2D eigenvalue weighted by atomic mass is 10.2. The molecular weight excluding hydrogens is 199 g/mol. The van der Waals surface area contributed by atoms with Gasteiger partial charge in [0.05, 0.1) is 19.3 Å². The molecule has 2 heterocycles. The predicted molar refractivity (Wildman–Crippen MR) is 53.5 cm³/mol. The van der Waals surface area contributed by atoms with Crippen LogP contribution in [0.3, 0.4) is 0 Å². The fraction of sp³-hybridized carbons (Fsp3) is 1.00. The summed E-state index contributed by atoms with van der Waals surface area (Å²) in [5.41, 5.74) is 0. The molecule has 0 unspecified atom stereocenters. The standard InChI is InChI=1S/C7H14N2O.2ClH/c1-3-9(4-2-8-1)7-5-10-6-7;;/h7-8H,1-6H2;2*1H. The summed E-state index contributed by atoms with van der Waals surface area (Å²) in [7, 11) is 0. The van der Waals surface area contributed by atoms with Crippen LogP contribution in [0.4, 0.5) is 0 Å². The number of hydrogen-bond acceptors (Lipinski definition) is 3. The van der Waals surface area contributed by atoms with Gasteiger partial charge in [0.1, 0.15) is 0 Å². The molecule has 2 aliphatic heterocycles. The van der Waals surface area contributed by atoms with Gasteiger partial charge in [-0.3, -0.25) is 4.90 Å². The third-order valence-electron chi connectivity index (χ3n) is 2.29. The molecule has 0 saturated carbocycles. The second-order valence-corrected chi connectivity index (χ2v) is 2.98. The number of nitrogens with zero attached hydrogens (tertiary/aromatic N) is 1. The summed E-state index contributed by atoms with van der Waals surface area (Å²) < 4.78 is 5.13. The van der Waals surface area contributed by atoms with E-state index in [9.17, 15) is 0 Å². The Morgan fingerprint density at radius 1 is 1.08 bits per heavy atom. The minimum atomic E-state index is 0. The van der Waals surface area contributed by atoms with Crippen molar-refractivity contribution in [3.05, 3.63) is 0 Å². The predicted octanol–water partition coefficient (Wildman–Crippen LogP) is 0.134. The first-order valence-electron chi connectivity index (χ1n) is 3.99. The summed E-state index contributed by atoms with van der Waals surface area (Å²) in [6, 6.07) is 0.738. The summed E-state index contributed by atoms with van der Waals surface area (Å²) in [5, 5.41) is 3.34. The Balaban J connectivity index is 0.000000605. The highest BCUT2D eigenvalue weighted by molar-refractivity contribution is 5.85. The Bertz CT molecular complexity index is 116. The molecule has 2 saturated heterocycles. The molecular formula is C7H16Cl2N2O. The van der Waals surface area contributed by atoms with Crippen LogP contribution in [0.25, 0.3) is 0 Å². The van der Waals surface area contributed by atoms with Crippen LogP contribution in [0.5, 0.6) is 0 Å². The summed E-state index contributed by atoms with van der Waals surface area (Å²) >= 11 is 0. The van der Waals surface area contributed by atoms with Crippen LogP contribution < -0.4 is 5.32 Å². The topological polar surface area (TPSA) is 24.5 Å². The second kappa shape index (κ2) is 6.00. The lowest BCUT2D eigenvalue weighted by molar-refractivity contribution is -0.0677. The molecule has 0 aromatic carbocycles. The molecule has 12 heavy (non-hydrogen) atoms. The van der Waals surface area contributed by atoms with E-state index in [1.165, 1.54) is 13.1 Å². The van der Waals surface area contributed by atoms with Crippen molar-refractivity contribution in [1.29, 1.82) is 0 Å². The van der Waals surface area contributed by atoms with Crippen molar-refractivity contribution in [1.82, 2.24) is 10.2 Å². The lowest BCUT2D eigenvalue weighted by Gasteiger charge is -2.39. The summed E-state index contributed by atoms with van der Waals surface area (Å²) in [5.74, 6) is 0. The van der Waals surface area contributed by atoms with Gasteiger partial charge in [0.15, 0.2) is 0 Å². The van der Waals surface area contributed by atoms with Gasteiger partial charge < -0.3 is 10.1 Å². The zero-order chi connectivity index (χ0) is 6.81. The first-order valence-corrected chi connectivity index (χ1v) is 3.99. The normalized spacial score (nSPS) is 25.0. The molecule has 0 aromatic heterocycles. The third kappa shape index (κ3) is 2.75. The van der Waals surface area contributed by atoms with E-state index in [0.29, 0.717) is 0 Å². The Morgan fingerprint density at radius 2 is 1.67 bits per heavy atom. The van der Waals surface area contributed by atoms with E-state index in [1.54, 1.807) is 0 Å². The molecule has 2 fully saturated rings. The largest absolute Gasteiger partial charge is 0.378 e. The number of rotatable bonds is 1. The van der Waals surface area contributed by atoms with Crippen LogP contribution in [-0.2, 0) is 4.74 Å². The zero-order valence-corrected chi connectivity index (χ0v) is 8.62. The van der Waals surface area contributed by atoms with E-state index in [4.69, 9.17) is 4.74 Å². The molecule has 0 aromatic rings. The van der Waals surface area contributed by atoms with Crippen molar-refractivity contribution in [2.45, 2.75) is 6.04 Å². The minimum absolute atomic E-state index is 0. The molecule has 1 N–H and O–H groups in total. The molecule has 2 rings (SSSR count). The Kier molecular flexibility index (Phi) is 6.23. The van der Waals surface area contributed by atoms with Crippen LogP contribution >= 0.6 is 24.8 Å².